The highest BCUT2D eigenvalue weighted by Gasteiger charge is 2.13. The summed E-state index contributed by atoms with van der Waals surface area (Å²) in [5.74, 6) is 0.756. The largest absolute Gasteiger partial charge is 0.461 e. The molecule has 0 amide bonds. The number of para-hydroxylation sites is 1. The van der Waals surface area contributed by atoms with E-state index in [0.29, 0.717) is 6.42 Å². The van der Waals surface area contributed by atoms with Crippen LogP contribution in [0.3, 0.4) is 0 Å². The van der Waals surface area contributed by atoms with Gasteiger partial charge in [-0.05, 0) is 42.3 Å². The first-order valence-corrected chi connectivity index (χ1v) is 7.92. The molecule has 1 N–H and O–H groups in total. The molecule has 0 spiro atoms. The zero-order valence-corrected chi connectivity index (χ0v) is 12.2. The van der Waals surface area contributed by atoms with E-state index >= 15 is 0 Å². The quantitative estimate of drug-likeness (QED) is 0.751. The molecule has 3 aromatic rings. The number of rotatable bonds is 3. The molecule has 0 fully saturated rings. The van der Waals surface area contributed by atoms with Crippen molar-refractivity contribution >= 4 is 21.1 Å². The maximum absolute atomic E-state index is 11.2. The predicted octanol–water partition coefficient (Wildman–Crippen LogP) is 3.58. The van der Waals surface area contributed by atoms with Crippen molar-refractivity contribution < 1.29 is 17.4 Å². The molecule has 0 aliphatic heterocycles. The average molecular weight is 302 g/mol. The number of benzene rings is 2. The summed E-state index contributed by atoms with van der Waals surface area (Å²) in [4.78, 5) is -0.0980. The average Bonchev–Trinajstić information content (AvgIpc) is 2.82. The fraction of sp³-hybridized carbons (Fsp3) is 0.125. The van der Waals surface area contributed by atoms with Crippen molar-refractivity contribution in [2.24, 2.45) is 0 Å². The van der Waals surface area contributed by atoms with Crippen LogP contribution in [0.2, 0.25) is 0 Å². The van der Waals surface area contributed by atoms with Gasteiger partial charge in [-0.15, -0.1) is 0 Å². The molecule has 0 radical (unpaired) electrons. The smallest absolute Gasteiger partial charge is 0.294 e. The summed E-state index contributed by atoms with van der Waals surface area (Å²) in [5.41, 5.74) is 2.56. The Kier molecular flexibility index (Phi) is 3.31. The Balaban J connectivity index is 2.01. The van der Waals surface area contributed by atoms with Gasteiger partial charge in [-0.25, -0.2) is 0 Å². The van der Waals surface area contributed by atoms with E-state index < -0.39 is 10.1 Å². The fourth-order valence-electron chi connectivity index (χ4n) is 2.31. The van der Waals surface area contributed by atoms with Crippen molar-refractivity contribution in [2.75, 3.05) is 0 Å². The zero-order valence-electron chi connectivity index (χ0n) is 11.4. The minimum atomic E-state index is -4.19. The molecule has 0 saturated carbocycles. The monoisotopic (exact) mass is 302 g/mol. The van der Waals surface area contributed by atoms with Gasteiger partial charge in [0.1, 0.15) is 11.3 Å². The molecule has 4 nitrogen and oxygen atoms in total. The van der Waals surface area contributed by atoms with Crippen molar-refractivity contribution in [3.8, 4) is 0 Å². The zero-order chi connectivity index (χ0) is 15.0. The molecule has 0 saturated heterocycles. The van der Waals surface area contributed by atoms with E-state index in [2.05, 4.69) is 0 Å². The van der Waals surface area contributed by atoms with E-state index in [-0.39, 0.29) is 4.90 Å². The van der Waals surface area contributed by atoms with E-state index in [1.54, 1.807) is 6.07 Å². The molecular weight excluding hydrogens is 288 g/mol. The first-order chi connectivity index (χ1) is 9.93. The third-order valence-corrected chi connectivity index (χ3v) is 4.31. The lowest BCUT2D eigenvalue weighted by Crippen LogP contribution is -2.00. The maximum Gasteiger partial charge on any atom is 0.294 e. The minimum Gasteiger partial charge on any atom is -0.461 e. The summed E-state index contributed by atoms with van der Waals surface area (Å²) in [6.07, 6.45) is 0.476. The van der Waals surface area contributed by atoms with Gasteiger partial charge in [0.15, 0.2) is 0 Å². The number of furan rings is 1. The molecular formula is C16H14O4S. The van der Waals surface area contributed by atoms with Crippen LogP contribution >= 0.6 is 0 Å². The van der Waals surface area contributed by atoms with Gasteiger partial charge in [0.05, 0.1) is 4.90 Å². The summed E-state index contributed by atoms with van der Waals surface area (Å²) in [6, 6.07) is 14.2. The fourth-order valence-corrected chi connectivity index (χ4v) is 2.84. The second-order valence-corrected chi connectivity index (χ2v) is 6.41. The molecule has 0 aliphatic rings. The Hall–Kier alpha value is -2.11. The van der Waals surface area contributed by atoms with Crippen LogP contribution in [0.15, 0.2) is 57.8 Å². The molecule has 21 heavy (non-hydrogen) atoms. The molecule has 5 heteroatoms. The van der Waals surface area contributed by atoms with Crippen molar-refractivity contribution in [2.45, 2.75) is 18.2 Å². The molecule has 0 unspecified atom stereocenters. The number of hydrogen-bond acceptors (Lipinski definition) is 3. The summed E-state index contributed by atoms with van der Waals surface area (Å²) < 4.78 is 37.3. The Morgan fingerprint density at radius 1 is 1.10 bits per heavy atom. The predicted molar refractivity (Wildman–Crippen MR) is 80.0 cm³/mol. The molecule has 0 bridgehead atoms. The maximum atomic E-state index is 11.2. The molecule has 0 atom stereocenters. The van der Waals surface area contributed by atoms with E-state index in [4.69, 9.17) is 8.97 Å². The summed E-state index contributed by atoms with van der Waals surface area (Å²) in [7, 11) is -4.19. The van der Waals surface area contributed by atoms with Crippen molar-refractivity contribution in [3.63, 3.8) is 0 Å². The third-order valence-electron chi connectivity index (χ3n) is 3.46. The lowest BCUT2D eigenvalue weighted by atomic mass is 10.0. The van der Waals surface area contributed by atoms with E-state index in [9.17, 15) is 8.42 Å². The number of aryl methyl sites for hydroxylation is 1. The van der Waals surface area contributed by atoms with Gasteiger partial charge in [-0.1, -0.05) is 24.3 Å². The second kappa shape index (κ2) is 5.02. The molecule has 1 heterocycles. The van der Waals surface area contributed by atoms with Gasteiger partial charge in [0, 0.05) is 11.8 Å². The topological polar surface area (TPSA) is 67.5 Å². The highest BCUT2D eigenvalue weighted by Crippen LogP contribution is 2.23. The highest BCUT2D eigenvalue weighted by atomic mass is 32.2. The van der Waals surface area contributed by atoms with Crippen LogP contribution in [-0.2, 0) is 16.5 Å². The van der Waals surface area contributed by atoms with Crippen LogP contribution in [-0.4, -0.2) is 13.0 Å². The Morgan fingerprint density at radius 3 is 2.57 bits per heavy atom. The Bertz CT molecular complexity index is 874. The van der Waals surface area contributed by atoms with E-state index in [0.717, 1.165) is 27.9 Å². The van der Waals surface area contributed by atoms with Gasteiger partial charge < -0.3 is 4.42 Å². The van der Waals surface area contributed by atoms with Crippen LogP contribution in [0.5, 0.6) is 0 Å². The van der Waals surface area contributed by atoms with Crippen molar-refractivity contribution in [1.82, 2.24) is 0 Å². The summed E-state index contributed by atoms with van der Waals surface area (Å²) in [6.45, 7) is 1.89. The summed E-state index contributed by atoms with van der Waals surface area (Å²) in [5, 5.41) is 1.01. The highest BCUT2D eigenvalue weighted by molar-refractivity contribution is 7.85. The van der Waals surface area contributed by atoms with Crippen LogP contribution in [0.4, 0.5) is 0 Å². The van der Waals surface area contributed by atoms with Crippen LogP contribution in [0.1, 0.15) is 16.9 Å². The molecule has 0 aliphatic carbocycles. The van der Waals surface area contributed by atoms with Crippen molar-refractivity contribution in [1.29, 1.82) is 0 Å². The molecule has 2 aromatic carbocycles. The normalized spacial score (nSPS) is 11.9. The van der Waals surface area contributed by atoms with Gasteiger partial charge in [0.25, 0.3) is 10.1 Å². The molecule has 108 valence electrons. The Morgan fingerprint density at radius 2 is 1.86 bits per heavy atom. The first kappa shape index (κ1) is 13.9. The van der Waals surface area contributed by atoms with Gasteiger partial charge >= 0.3 is 0 Å². The first-order valence-electron chi connectivity index (χ1n) is 6.48. The molecule has 3 rings (SSSR count). The summed E-state index contributed by atoms with van der Waals surface area (Å²) >= 11 is 0. The Labute approximate surface area is 122 Å². The standard InChI is InChI=1S/C16H14O4S/c1-11-6-7-15(21(17,18)19)10-13(11)9-14-8-12-4-2-3-5-16(12)20-14/h2-8,10H,9H2,1H3,(H,17,18,19). The van der Waals surface area contributed by atoms with Gasteiger partial charge in [-0.3, -0.25) is 4.55 Å². The van der Waals surface area contributed by atoms with Gasteiger partial charge in [-0.2, -0.15) is 8.42 Å². The SMILES string of the molecule is Cc1ccc(S(=O)(=O)O)cc1Cc1cc2ccccc2o1. The van der Waals surface area contributed by atoms with Crippen molar-refractivity contribution in [3.05, 3.63) is 65.4 Å². The molecule has 1 aromatic heterocycles. The van der Waals surface area contributed by atoms with Crippen LogP contribution in [0.25, 0.3) is 11.0 Å². The van der Waals surface area contributed by atoms with E-state index in [1.165, 1.54) is 12.1 Å². The third kappa shape index (κ3) is 2.84. The minimum absolute atomic E-state index is 0.0980. The van der Waals surface area contributed by atoms with Crippen LogP contribution < -0.4 is 0 Å². The lowest BCUT2D eigenvalue weighted by molar-refractivity contribution is 0.483. The van der Waals surface area contributed by atoms with Crippen LogP contribution in [0, 0.1) is 6.92 Å². The van der Waals surface area contributed by atoms with E-state index in [1.807, 2.05) is 37.3 Å². The number of fused-ring (bicyclic) bond motifs is 1. The number of hydrogen-bond donors (Lipinski definition) is 1. The van der Waals surface area contributed by atoms with Gasteiger partial charge in [0.2, 0.25) is 0 Å². The lowest BCUT2D eigenvalue weighted by Gasteiger charge is -2.06. The second-order valence-electron chi connectivity index (χ2n) is 4.99.